The second-order valence-corrected chi connectivity index (χ2v) is 4.10. The first kappa shape index (κ1) is 11.0. The number of nitrogens with zero attached hydrogens (tertiary/aromatic N) is 1. The number of rotatable bonds is 4. The second kappa shape index (κ2) is 4.94. The standard InChI is InChI=1S/C10H21NO2/c1-8(2)9(3)11(4)7-10-12-5-6-13-10/h8-10H,5-7H2,1-4H3. The van der Waals surface area contributed by atoms with Gasteiger partial charge in [0.1, 0.15) is 0 Å². The lowest BCUT2D eigenvalue weighted by Crippen LogP contribution is -2.39. The van der Waals surface area contributed by atoms with Crippen molar-refractivity contribution in [2.24, 2.45) is 5.92 Å². The molecular formula is C10H21NO2. The smallest absolute Gasteiger partial charge is 0.170 e. The molecule has 1 heterocycles. The van der Waals surface area contributed by atoms with E-state index < -0.39 is 0 Å². The molecule has 1 unspecified atom stereocenters. The SMILES string of the molecule is CC(C)C(C)N(C)CC1OCCO1. The maximum Gasteiger partial charge on any atom is 0.170 e. The van der Waals surface area contributed by atoms with Crippen LogP contribution < -0.4 is 0 Å². The van der Waals surface area contributed by atoms with Crippen molar-refractivity contribution in [3.8, 4) is 0 Å². The lowest BCUT2D eigenvalue weighted by atomic mass is 10.1. The molecule has 1 aliphatic rings. The summed E-state index contributed by atoms with van der Waals surface area (Å²) in [5, 5.41) is 0. The maximum atomic E-state index is 5.39. The maximum absolute atomic E-state index is 5.39. The van der Waals surface area contributed by atoms with Crippen molar-refractivity contribution in [3.05, 3.63) is 0 Å². The largest absolute Gasteiger partial charge is 0.349 e. The summed E-state index contributed by atoms with van der Waals surface area (Å²) in [5.41, 5.74) is 0. The molecule has 1 fully saturated rings. The Hall–Kier alpha value is -0.120. The van der Waals surface area contributed by atoms with Gasteiger partial charge in [0, 0.05) is 12.6 Å². The second-order valence-electron chi connectivity index (χ2n) is 4.10. The minimum absolute atomic E-state index is 0.00815. The van der Waals surface area contributed by atoms with Gasteiger partial charge in [-0.15, -0.1) is 0 Å². The van der Waals surface area contributed by atoms with E-state index in [1.165, 1.54) is 0 Å². The first-order chi connectivity index (χ1) is 6.11. The zero-order valence-corrected chi connectivity index (χ0v) is 9.12. The summed E-state index contributed by atoms with van der Waals surface area (Å²) in [5.74, 6) is 0.673. The Labute approximate surface area is 81.0 Å². The monoisotopic (exact) mass is 187 g/mol. The molecular weight excluding hydrogens is 166 g/mol. The number of likely N-dealkylation sites (N-methyl/N-ethyl adjacent to an activating group) is 1. The Bertz CT molecular complexity index is 144. The van der Waals surface area contributed by atoms with Crippen LogP contribution in [0.4, 0.5) is 0 Å². The molecule has 1 rings (SSSR count). The zero-order chi connectivity index (χ0) is 9.84. The van der Waals surface area contributed by atoms with E-state index in [4.69, 9.17) is 9.47 Å². The van der Waals surface area contributed by atoms with Crippen LogP contribution in [-0.2, 0) is 9.47 Å². The molecule has 0 aliphatic carbocycles. The third-order valence-electron chi connectivity index (χ3n) is 2.79. The van der Waals surface area contributed by atoms with Crippen molar-refractivity contribution in [2.45, 2.75) is 33.1 Å². The van der Waals surface area contributed by atoms with E-state index in [1.807, 2.05) is 0 Å². The van der Waals surface area contributed by atoms with Crippen LogP contribution >= 0.6 is 0 Å². The van der Waals surface area contributed by atoms with E-state index in [9.17, 15) is 0 Å². The summed E-state index contributed by atoms with van der Waals surface area (Å²) in [7, 11) is 2.12. The minimum atomic E-state index is -0.00815. The highest BCUT2D eigenvalue weighted by Gasteiger charge is 2.21. The molecule has 3 heteroatoms. The van der Waals surface area contributed by atoms with E-state index in [1.54, 1.807) is 0 Å². The van der Waals surface area contributed by atoms with Gasteiger partial charge >= 0.3 is 0 Å². The summed E-state index contributed by atoms with van der Waals surface area (Å²) in [6.45, 7) is 9.07. The summed E-state index contributed by atoms with van der Waals surface area (Å²) >= 11 is 0. The van der Waals surface area contributed by atoms with Crippen molar-refractivity contribution in [2.75, 3.05) is 26.8 Å². The van der Waals surface area contributed by atoms with Gasteiger partial charge in [-0.2, -0.15) is 0 Å². The Morgan fingerprint density at radius 2 is 1.77 bits per heavy atom. The predicted molar refractivity (Wildman–Crippen MR) is 52.6 cm³/mol. The van der Waals surface area contributed by atoms with Crippen LogP contribution in [0.25, 0.3) is 0 Å². The van der Waals surface area contributed by atoms with Crippen LogP contribution in [-0.4, -0.2) is 44.0 Å². The first-order valence-corrected chi connectivity index (χ1v) is 5.04. The average molecular weight is 187 g/mol. The highest BCUT2D eigenvalue weighted by atomic mass is 16.7. The van der Waals surface area contributed by atoms with Crippen molar-refractivity contribution in [3.63, 3.8) is 0 Å². The molecule has 78 valence electrons. The fourth-order valence-electron chi connectivity index (χ4n) is 1.42. The molecule has 0 amide bonds. The fraction of sp³-hybridized carbons (Fsp3) is 1.00. The van der Waals surface area contributed by atoms with Crippen LogP contribution in [0.2, 0.25) is 0 Å². The number of hydrogen-bond acceptors (Lipinski definition) is 3. The van der Waals surface area contributed by atoms with Gasteiger partial charge < -0.3 is 9.47 Å². The van der Waals surface area contributed by atoms with E-state index in [0.29, 0.717) is 12.0 Å². The van der Waals surface area contributed by atoms with Crippen molar-refractivity contribution in [1.29, 1.82) is 0 Å². The summed E-state index contributed by atoms with van der Waals surface area (Å²) in [4.78, 5) is 2.29. The molecule has 1 saturated heterocycles. The van der Waals surface area contributed by atoms with Crippen LogP contribution in [0.5, 0.6) is 0 Å². The third-order valence-corrected chi connectivity index (χ3v) is 2.79. The van der Waals surface area contributed by atoms with Crippen LogP contribution in [0.1, 0.15) is 20.8 Å². The minimum Gasteiger partial charge on any atom is -0.349 e. The molecule has 3 nitrogen and oxygen atoms in total. The molecule has 0 spiro atoms. The molecule has 13 heavy (non-hydrogen) atoms. The zero-order valence-electron chi connectivity index (χ0n) is 9.12. The first-order valence-electron chi connectivity index (χ1n) is 5.04. The molecule has 0 radical (unpaired) electrons. The summed E-state index contributed by atoms with van der Waals surface area (Å²) in [6.07, 6.45) is -0.00815. The van der Waals surface area contributed by atoms with Crippen molar-refractivity contribution < 1.29 is 9.47 Å². The van der Waals surface area contributed by atoms with Gasteiger partial charge in [-0.3, -0.25) is 4.90 Å². The van der Waals surface area contributed by atoms with Gasteiger partial charge in [-0.25, -0.2) is 0 Å². The lowest BCUT2D eigenvalue weighted by molar-refractivity contribution is -0.0652. The Kier molecular flexibility index (Phi) is 4.16. The topological polar surface area (TPSA) is 21.7 Å². The lowest BCUT2D eigenvalue weighted by Gasteiger charge is -2.29. The van der Waals surface area contributed by atoms with E-state index in [0.717, 1.165) is 19.8 Å². The Morgan fingerprint density at radius 3 is 2.23 bits per heavy atom. The van der Waals surface area contributed by atoms with Crippen molar-refractivity contribution in [1.82, 2.24) is 4.90 Å². The van der Waals surface area contributed by atoms with Crippen LogP contribution in [0.3, 0.4) is 0 Å². The molecule has 0 aromatic rings. The normalized spacial score (nSPS) is 21.7. The Morgan fingerprint density at radius 1 is 1.23 bits per heavy atom. The average Bonchev–Trinajstić information content (AvgIpc) is 2.55. The van der Waals surface area contributed by atoms with E-state index in [2.05, 4.69) is 32.7 Å². The summed E-state index contributed by atoms with van der Waals surface area (Å²) < 4.78 is 10.8. The predicted octanol–water partition coefficient (Wildman–Crippen LogP) is 1.34. The quantitative estimate of drug-likeness (QED) is 0.663. The van der Waals surface area contributed by atoms with E-state index in [-0.39, 0.29) is 6.29 Å². The molecule has 0 bridgehead atoms. The van der Waals surface area contributed by atoms with Crippen molar-refractivity contribution >= 4 is 0 Å². The van der Waals surface area contributed by atoms with Gasteiger partial charge in [0.2, 0.25) is 0 Å². The molecule has 0 aromatic heterocycles. The van der Waals surface area contributed by atoms with Crippen LogP contribution in [0.15, 0.2) is 0 Å². The van der Waals surface area contributed by atoms with Crippen LogP contribution in [0, 0.1) is 5.92 Å². The molecule has 0 aromatic carbocycles. The number of hydrogen-bond donors (Lipinski definition) is 0. The number of ether oxygens (including phenoxy) is 2. The Balaban J connectivity index is 2.26. The molecule has 0 N–H and O–H groups in total. The van der Waals surface area contributed by atoms with Gasteiger partial charge in [0.15, 0.2) is 6.29 Å². The van der Waals surface area contributed by atoms with E-state index >= 15 is 0 Å². The summed E-state index contributed by atoms with van der Waals surface area (Å²) in [6, 6.07) is 0.577. The molecule has 0 saturated carbocycles. The van der Waals surface area contributed by atoms with Gasteiger partial charge in [0.25, 0.3) is 0 Å². The highest BCUT2D eigenvalue weighted by Crippen LogP contribution is 2.11. The molecule has 1 atom stereocenters. The highest BCUT2D eigenvalue weighted by molar-refractivity contribution is 4.68. The van der Waals surface area contributed by atoms with Gasteiger partial charge in [-0.05, 0) is 19.9 Å². The third kappa shape index (κ3) is 3.25. The van der Waals surface area contributed by atoms with Gasteiger partial charge in [-0.1, -0.05) is 13.8 Å². The van der Waals surface area contributed by atoms with Gasteiger partial charge in [0.05, 0.1) is 13.2 Å². The molecule has 1 aliphatic heterocycles. The fourth-order valence-corrected chi connectivity index (χ4v) is 1.42.